The van der Waals surface area contributed by atoms with E-state index in [0.717, 1.165) is 0 Å². The van der Waals surface area contributed by atoms with Crippen LogP contribution in [0.2, 0.25) is 0 Å². The fourth-order valence-corrected chi connectivity index (χ4v) is 1.50. The predicted octanol–water partition coefficient (Wildman–Crippen LogP) is 1.16. The van der Waals surface area contributed by atoms with E-state index in [4.69, 9.17) is 9.47 Å². The molecule has 0 aliphatic rings. The molecule has 6 heteroatoms. The van der Waals surface area contributed by atoms with Crippen molar-refractivity contribution in [2.45, 2.75) is 13.8 Å². The monoisotopic (exact) mass is 222 g/mol. The van der Waals surface area contributed by atoms with Gasteiger partial charge in [-0.15, -0.1) is 0 Å². The highest BCUT2D eigenvalue weighted by Crippen LogP contribution is 2.27. The van der Waals surface area contributed by atoms with Gasteiger partial charge in [0, 0.05) is 7.05 Å². The maximum Gasteiger partial charge on any atom is 0.245 e. The number of hydrogen-bond donors (Lipinski definition) is 0. The average Bonchev–Trinajstić information content (AvgIpc) is 2.59. The molecule has 0 bridgehead atoms. The quantitative estimate of drug-likeness (QED) is 0.776. The first-order valence-electron chi connectivity index (χ1n) is 5.21. The van der Waals surface area contributed by atoms with E-state index in [1.165, 1.54) is 6.33 Å². The summed E-state index contributed by atoms with van der Waals surface area (Å²) < 4.78 is 12.5. The first-order valence-corrected chi connectivity index (χ1v) is 5.21. The minimum absolute atomic E-state index is 0.494. The van der Waals surface area contributed by atoms with E-state index >= 15 is 0 Å². The summed E-state index contributed by atoms with van der Waals surface area (Å²) in [6.45, 7) is 4.94. The lowest BCUT2D eigenvalue weighted by atomic mass is 10.4. The highest BCUT2D eigenvalue weighted by Gasteiger charge is 2.15. The largest absolute Gasteiger partial charge is 0.477 e. The van der Waals surface area contributed by atoms with E-state index in [9.17, 15) is 0 Å². The van der Waals surface area contributed by atoms with Crippen LogP contribution in [-0.4, -0.2) is 33.0 Å². The van der Waals surface area contributed by atoms with Gasteiger partial charge >= 0.3 is 0 Å². The van der Waals surface area contributed by atoms with E-state index in [1.54, 1.807) is 4.68 Å². The molecule has 0 saturated carbocycles. The Labute approximate surface area is 93.2 Å². The molecule has 0 aromatic carbocycles. The van der Waals surface area contributed by atoms with E-state index in [-0.39, 0.29) is 0 Å². The molecule has 86 valence electrons. The van der Waals surface area contributed by atoms with Gasteiger partial charge in [-0.2, -0.15) is 10.1 Å². The predicted molar refractivity (Wildman–Crippen MR) is 58.6 cm³/mol. The van der Waals surface area contributed by atoms with E-state index in [1.807, 2.05) is 20.9 Å². The zero-order valence-corrected chi connectivity index (χ0v) is 9.60. The summed E-state index contributed by atoms with van der Waals surface area (Å²) in [6, 6.07) is 0. The maximum absolute atomic E-state index is 5.48. The van der Waals surface area contributed by atoms with Gasteiger partial charge in [0.25, 0.3) is 0 Å². The molecule has 2 aromatic rings. The molecule has 0 fully saturated rings. The normalized spacial score (nSPS) is 10.7. The standard InChI is InChI=1S/C10H14N4O2/c1-4-15-9-7-8(11-6-12-9)10(16-5-2)14(3)13-7/h6H,4-5H2,1-3H3. The summed E-state index contributed by atoms with van der Waals surface area (Å²) in [7, 11) is 1.81. The van der Waals surface area contributed by atoms with Gasteiger partial charge in [0.15, 0.2) is 11.0 Å². The summed E-state index contributed by atoms with van der Waals surface area (Å²) in [5.74, 6) is 1.13. The van der Waals surface area contributed by atoms with Gasteiger partial charge in [0.05, 0.1) is 13.2 Å². The number of aromatic nitrogens is 4. The Balaban J connectivity index is 2.58. The molecule has 16 heavy (non-hydrogen) atoms. The van der Waals surface area contributed by atoms with Crippen molar-refractivity contribution in [1.29, 1.82) is 0 Å². The number of nitrogens with zero attached hydrogens (tertiary/aromatic N) is 4. The highest BCUT2D eigenvalue weighted by molar-refractivity contribution is 5.83. The van der Waals surface area contributed by atoms with Crippen molar-refractivity contribution in [2.75, 3.05) is 13.2 Å². The molecule has 0 unspecified atom stereocenters. The third kappa shape index (κ3) is 1.66. The van der Waals surface area contributed by atoms with Crippen LogP contribution in [0.1, 0.15) is 13.8 Å². The Morgan fingerprint density at radius 3 is 2.56 bits per heavy atom. The second-order valence-electron chi connectivity index (χ2n) is 3.17. The first kappa shape index (κ1) is 10.7. The third-order valence-corrected chi connectivity index (χ3v) is 2.10. The van der Waals surface area contributed by atoms with Gasteiger partial charge in [-0.05, 0) is 13.8 Å². The van der Waals surface area contributed by atoms with Crippen molar-refractivity contribution in [3.63, 3.8) is 0 Å². The number of aryl methyl sites for hydroxylation is 1. The zero-order valence-electron chi connectivity index (χ0n) is 9.60. The Morgan fingerprint density at radius 2 is 1.88 bits per heavy atom. The fraction of sp³-hybridized carbons (Fsp3) is 0.500. The summed E-state index contributed by atoms with van der Waals surface area (Å²) in [5, 5.41) is 4.29. The zero-order chi connectivity index (χ0) is 11.5. The van der Waals surface area contributed by atoms with E-state index < -0.39 is 0 Å². The van der Waals surface area contributed by atoms with Crippen molar-refractivity contribution in [3.05, 3.63) is 6.33 Å². The van der Waals surface area contributed by atoms with Gasteiger partial charge in [0.2, 0.25) is 11.8 Å². The third-order valence-electron chi connectivity index (χ3n) is 2.10. The molecule has 0 amide bonds. The molecular formula is C10H14N4O2. The molecule has 6 nitrogen and oxygen atoms in total. The van der Waals surface area contributed by atoms with Gasteiger partial charge in [-0.3, -0.25) is 0 Å². The Hall–Kier alpha value is -1.85. The van der Waals surface area contributed by atoms with Crippen LogP contribution in [0.4, 0.5) is 0 Å². The molecule has 2 heterocycles. The topological polar surface area (TPSA) is 62.1 Å². The molecule has 0 spiro atoms. The Morgan fingerprint density at radius 1 is 1.12 bits per heavy atom. The minimum Gasteiger partial charge on any atom is -0.477 e. The van der Waals surface area contributed by atoms with Crippen LogP contribution in [0.3, 0.4) is 0 Å². The molecular weight excluding hydrogens is 208 g/mol. The average molecular weight is 222 g/mol. The van der Waals surface area contributed by atoms with Crippen LogP contribution in [0.5, 0.6) is 11.8 Å². The Bertz CT molecular complexity index is 495. The van der Waals surface area contributed by atoms with Crippen LogP contribution >= 0.6 is 0 Å². The highest BCUT2D eigenvalue weighted by atomic mass is 16.5. The van der Waals surface area contributed by atoms with Gasteiger partial charge < -0.3 is 9.47 Å². The Kier molecular flexibility index (Phi) is 2.89. The lowest BCUT2D eigenvalue weighted by Crippen LogP contribution is -1.99. The molecule has 0 radical (unpaired) electrons. The molecule has 0 N–H and O–H groups in total. The second kappa shape index (κ2) is 4.34. The van der Waals surface area contributed by atoms with E-state index in [0.29, 0.717) is 36.0 Å². The number of rotatable bonds is 4. The van der Waals surface area contributed by atoms with E-state index in [2.05, 4.69) is 15.1 Å². The van der Waals surface area contributed by atoms with Crippen molar-refractivity contribution >= 4 is 11.0 Å². The summed E-state index contributed by atoms with van der Waals surface area (Å²) in [6.07, 6.45) is 1.46. The molecule has 0 atom stereocenters. The first-order chi connectivity index (χ1) is 7.77. The van der Waals surface area contributed by atoms with Crippen LogP contribution < -0.4 is 9.47 Å². The fourth-order valence-electron chi connectivity index (χ4n) is 1.50. The van der Waals surface area contributed by atoms with Gasteiger partial charge in [-0.1, -0.05) is 0 Å². The van der Waals surface area contributed by atoms with Gasteiger partial charge in [0.1, 0.15) is 6.33 Å². The molecule has 0 saturated heterocycles. The van der Waals surface area contributed by atoms with Crippen LogP contribution in [0, 0.1) is 0 Å². The second-order valence-corrected chi connectivity index (χ2v) is 3.17. The van der Waals surface area contributed by atoms with Crippen LogP contribution in [0.25, 0.3) is 11.0 Å². The number of hydrogen-bond acceptors (Lipinski definition) is 5. The number of ether oxygens (including phenoxy) is 2. The molecule has 2 rings (SSSR count). The minimum atomic E-state index is 0.494. The molecule has 0 aliphatic heterocycles. The van der Waals surface area contributed by atoms with Crippen LogP contribution in [-0.2, 0) is 7.05 Å². The van der Waals surface area contributed by atoms with Crippen molar-refractivity contribution < 1.29 is 9.47 Å². The summed E-state index contributed by atoms with van der Waals surface area (Å²) >= 11 is 0. The van der Waals surface area contributed by atoms with Gasteiger partial charge in [-0.25, -0.2) is 9.67 Å². The van der Waals surface area contributed by atoms with Crippen molar-refractivity contribution in [2.24, 2.45) is 7.05 Å². The lowest BCUT2D eigenvalue weighted by Gasteiger charge is -2.02. The smallest absolute Gasteiger partial charge is 0.245 e. The van der Waals surface area contributed by atoms with Crippen molar-refractivity contribution in [1.82, 2.24) is 19.7 Å². The summed E-state index contributed by atoms with van der Waals surface area (Å²) in [5.41, 5.74) is 1.32. The number of fused-ring (bicyclic) bond motifs is 1. The van der Waals surface area contributed by atoms with Crippen molar-refractivity contribution in [3.8, 4) is 11.8 Å². The molecule has 0 aliphatic carbocycles. The lowest BCUT2D eigenvalue weighted by molar-refractivity contribution is 0.312. The summed E-state index contributed by atoms with van der Waals surface area (Å²) in [4.78, 5) is 8.21. The molecule has 2 aromatic heterocycles. The van der Waals surface area contributed by atoms with Crippen LogP contribution in [0.15, 0.2) is 6.33 Å². The maximum atomic E-state index is 5.48. The SMILES string of the molecule is CCOc1ncnc2c(OCC)n(C)nc12.